The summed E-state index contributed by atoms with van der Waals surface area (Å²) in [7, 11) is 0. The summed E-state index contributed by atoms with van der Waals surface area (Å²) in [6, 6.07) is 11.9. The fraction of sp³-hybridized carbons (Fsp3) is 0.200. The Hall–Kier alpha value is -5.16. The maximum absolute atomic E-state index is 11.4. The Bertz CT molecular complexity index is 1610. The Morgan fingerprint density at radius 1 is 0.659 bits per heavy atom. The molecule has 0 bridgehead atoms. The lowest BCUT2D eigenvalue weighted by atomic mass is 9.81. The monoisotopic (exact) mass is 564 g/mol. The van der Waals surface area contributed by atoms with E-state index < -0.39 is 58.4 Å². The van der Waals surface area contributed by atoms with Gasteiger partial charge in [-0.25, -0.2) is 0 Å². The number of aliphatic hydroxyl groups is 1. The summed E-state index contributed by atoms with van der Waals surface area (Å²) in [4.78, 5) is 0. The first-order chi connectivity index (χ1) is 19.4. The van der Waals surface area contributed by atoms with Crippen molar-refractivity contribution < 1.29 is 55.8 Å². The molecule has 0 aliphatic carbocycles. The Balaban J connectivity index is 1.55. The van der Waals surface area contributed by atoms with Crippen LogP contribution in [0.2, 0.25) is 0 Å². The van der Waals surface area contributed by atoms with Crippen LogP contribution in [0.1, 0.15) is 46.3 Å². The predicted molar refractivity (Wildman–Crippen MR) is 144 cm³/mol. The average molecular weight is 565 g/mol. The second kappa shape index (κ2) is 10.4. The van der Waals surface area contributed by atoms with Gasteiger partial charge in [-0.15, -0.1) is 0 Å². The molecule has 0 saturated heterocycles. The van der Waals surface area contributed by atoms with Crippen LogP contribution in [0, 0.1) is 0 Å². The molecule has 1 heterocycles. The van der Waals surface area contributed by atoms with Crippen molar-refractivity contribution in [3.05, 3.63) is 82.4 Å². The van der Waals surface area contributed by atoms with Crippen LogP contribution in [0.4, 0.5) is 0 Å². The molecule has 0 saturated carbocycles. The first-order valence-electron chi connectivity index (χ1n) is 12.6. The molecule has 3 unspecified atom stereocenters. The van der Waals surface area contributed by atoms with Crippen molar-refractivity contribution in [3.8, 4) is 57.5 Å². The van der Waals surface area contributed by atoms with E-state index in [0.717, 1.165) is 12.1 Å². The molecular formula is C30H28O11. The molecule has 3 atom stereocenters. The molecule has 1 aliphatic rings. The number of aryl methyl sites for hydroxylation is 1. The van der Waals surface area contributed by atoms with Crippen LogP contribution < -0.4 is 4.74 Å². The standard InChI is InChI=1S/C30H28O11/c31-18-4-1-14(11-20(18)33)25-6-3-16-10-17(27(38)29(40)30(16)41-25)26(15-2-5-19(32)21(34)12-15)22(35)7-13-8-23(36)28(39)24(37)9-13/h1-2,4-5,8-12,22,25-26,31-40H,3,6-7H2. The highest BCUT2D eigenvalue weighted by Gasteiger charge is 2.33. The normalized spacial score (nSPS) is 16.0. The zero-order valence-corrected chi connectivity index (χ0v) is 21.4. The molecule has 0 aromatic heterocycles. The van der Waals surface area contributed by atoms with E-state index in [2.05, 4.69) is 0 Å². The molecule has 1 aliphatic heterocycles. The van der Waals surface area contributed by atoms with Crippen LogP contribution in [0.15, 0.2) is 54.6 Å². The first-order valence-corrected chi connectivity index (χ1v) is 12.6. The van der Waals surface area contributed by atoms with Gasteiger partial charge in [0.2, 0.25) is 5.75 Å². The fourth-order valence-corrected chi connectivity index (χ4v) is 5.22. The number of benzene rings is 4. The number of hydrogen-bond acceptors (Lipinski definition) is 11. The van der Waals surface area contributed by atoms with Crippen molar-refractivity contribution in [3.63, 3.8) is 0 Å². The van der Waals surface area contributed by atoms with E-state index in [4.69, 9.17) is 4.74 Å². The highest BCUT2D eigenvalue weighted by Crippen LogP contribution is 2.51. The molecule has 0 amide bonds. The SMILES string of the molecule is Oc1ccc(C2CCc3cc(C(c4ccc(O)c(O)c4)C(O)Cc4cc(O)c(O)c(O)c4)c(O)c(O)c3O2)cc1O. The fourth-order valence-electron chi connectivity index (χ4n) is 5.22. The summed E-state index contributed by atoms with van der Waals surface area (Å²) in [5.41, 5.74) is 1.64. The third kappa shape index (κ3) is 5.10. The van der Waals surface area contributed by atoms with Gasteiger partial charge in [0.1, 0.15) is 6.10 Å². The van der Waals surface area contributed by atoms with E-state index in [1.807, 2.05) is 0 Å². The molecule has 4 aromatic carbocycles. The van der Waals surface area contributed by atoms with Crippen molar-refractivity contribution in [1.82, 2.24) is 0 Å². The van der Waals surface area contributed by atoms with Crippen LogP contribution in [0.3, 0.4) is 0 Å². The molecule has 214 valence electrons. The van der Waals surface area contributed by atoms with E-state index in [1.165, 1.54) is 30.3 Å². The van der Waals surface area contributed by atoms with Gasteiger partial charge in [0.15, 0.2) is 51.7 Å². The molecule has 0 spiro atoms. The number of hydrogen-bond donors (Lipinski definition) is 10. The molecule has 0 fully saturated rings. The maximum atomic E-state index is 11.4. The third-order valence-corrected chi connectivity index (χ3v) is 7.29. The van der Waals surface area contributed by atoms with Gasteiger partial charge >= 0.3 is 0 Å². The summed E-state index contributed by atoms with van der Waals surface area (Å²) in [6.07, 6.45) is -1.39. The van der Waals surface area contributed by atoms with Gasteiger partial charge in [-0.2, -0.15) is 0 Å². The minimum absolute atomic E-state index is 0.00485. The number of phenolic OH excluding ortho intramolecular Hbond substituents is 9. The van der Waals surface area contributed by atoms with Crippen molar-refractivity contribution in [2.24, 2.45) is 0 Å². The van der Waals surface area contributed by atoms with E-state index in [0.29, 0.717) is 24.0 Å². The van der Waals surface area contributed by atoms with Gasteiger partial charge in [-0.05, 0) is 84.0 Å². The van der Waals surface area contributed by atoms with E-state index in [9.17, 15) is 51.1 Å². The summed E-state index contributed by atoms with van der Waals surface area (Å²) in [6.45, 7) is 0. The Labute approximate surface area is 233 Å². The highest BCUT2D eigenvalue weighted by molar-refractivity contribution is 5.62. The van der Waals surface area contributed by atoms with Crippen molar-refractivity contribution in [1.29, 1.82) is 0 Å². The molecule has 5 rings (SSSR count). The smallest absolute Gasteiger partial charge is 0.201 e. The molecular weight excluding hydrogens is 536 g/mol. The van der Waals surface area contributed by atoms with Crippen LogP contribution in [-0.4, -0.2) is 57.2 Å². The Morgan fingerprint density at radius 3 is 1.93 bits per heavy atom. The van der Waals surface area contributed by atoms with Gasteiger partial charge in [-0.3, -0.25) is 0 Å². The summed E-state index contributed by atoms with van der Waals surface area (Å²) in [5.74, 6) is -5.73. The number of fused-ring (bicyclic) bond motifs is 1. The van der Waals surface area contributed by atoms with Crippen LogP contribution in [0.25, 0.3) is 0 Å². The predicted octanol–water partition coefficient (Wildman–Crippen LogP) is 3.84. The second-order valence-corrected chi connectivity index (χ2v) is 10.0. The molecule has 41 heavy (non-hydrogen) atoms. The van der Waals surface area contributed by atoms with Gasteiger partial charge in [0.05, 0.1) is 6.10 Å². The van der Waals surface area contributed by atoms with Gasteiger partial charge < -0.3 is 55.8 Å². The Morgan fingerprint density at radius 2 is 1.29 bits per heavy atom. The topological polar surface area (TPSA) is 212 Å². The van der Waals surface area contributed by atoms with E-state index in [1.54, 1.807) is 12.1 Å². The molecule has 10 N–H and O–H groups in total. The number of aromatic hydroxyl groups is 9. The van der Waals surface area contributed by atoms with Crippen molar-refractivity contribution >= 4 is 0 Å². The van der Waals surface area contributed by atoms with Crippen LogP contribution in [-0.2, 0) is 12.8 Å². The quantitative estimate of drug-likeness (QED) is 0.152. The van der Waals surface area contributed by atoms with Gasteiger partial charge in [-0.1, -0.05) is 12.1 Å². The lowest BCUT2D eigenvalue weighted by Crippen LogP contribution is -2.23. The van der Waals surface area contributed by atoms with Crippen molar-refractivity contribution in [2.45, 2.75) is 37.4 Å². The highest BCUT2D eigenvalue weighted by atomic mass is 16.5. The largest absolute Gasteiger partial charge is 0.504 e. The maximum Gasteiger partial charge on any atom is 0.201 e. The Kier molecular flexibility index (Phi) is 6.97. The van der Waals surface area contributed by atoms with E-state index in [-0.39, 0.29) is 40.4 Å². The third-order valence-electron chi connectivity index (χ3n) is 7.29. The molecule has 0 radical (unpaired) electrons. The summed E-state index contributed by atoms with van der Waals surface area (Å²) < 4.78 is 5.98. The van der Waals surface area contributed by atoms with Gasteiger partial charge in [0.25, 0.3) is 0 Å². The number of aliphatic hydroxyl groups excluding tert-OH is 1. The number of ether oxygens (including phenoxy) is 1. The average Bonchev–Trinajstić information content (AvgIpc) is 2.93. The number of rotatable bonds is 6. The minimum atomic E-state index is -1.37. The van der Waals surface area contributed by atoms with Crippen LogP contribution >= 0.6 is 0 Å². The number of phenols is 9. The summed E-state index contributed by atoms with van der Waals surface area (Å²) in [5, 5.41) is 103. The first kappa shape index (κ1) is 27.4. The lowest BCUT2D eigenvalue weighted by molar-refractivity contribution is 0.152. The van der Waals surface area contributed by atoms with Gasteiger partial charge in [0, 0.05) is 11.5 Å². The molecule has 11 heteroatoms. The van der Waals surface area contributed by atoms with E-state index >= 15 is 0 Å². The van der Waals surface area contributed by atoms with Crippen molar-refractivity contribution in [2.75, 3.05) is 0 Å². The zero-order chi connectivity index (χ0) is 29.6. The minimum Gasteiger partial charge on any atom is -0.504 e. The lowest BCUT2D eigenvalue weighted by Gasteiger charge is -2.31. The van der Waals surface area contributed by atoms with Crippen LogP contribution in [0.5, 0.6) is 57.5 Å². The summed E-state index contributed by atoms with van der Waals surface area (Å²) >= 11 is 0. The second-order valence-electron chi connectivity index (χ2n) is 10.0. The molecule has 11 nitrogen and oxygen atoms in total. The molecule has 4 aromatic rings. The zero-order valence-electron chi connectivity index (χ0n) is 21.4.